The molecule has 9 aromatic carbocycles. The van der Waals surface area contributed by atoms with Crippen LogP contribution in [0.2, 0.25) is 0 Å². The zero-order valence-corrected chi connectivity index (χ0v) is 51.9. The first kappa shape index (κ1) is 55.2. The molecule has 3 heteroatoms. The van der Waals surface area contributed by atoms with E-state index in [4.69, 9.17) is 0 Å². The van der Waals surface area contributed by atoms with Crippen molar-refractivity contribution in [2.45, 2.75) is 162 Å². The summed E-state index contributed by atoms with van der Waals surface area (Å²) < 4.78 is 0. The van der Waals surface area contributed by atoms with E-state index in [0.717, 1.165) is 12.8 Å². The smallest absolute Gasteiger partial charge is 0.252 e. The van der Waals surface area contributed by atoms with Crippen LogP contribution in [0.15, 0.2) is 194 Å². The van der Waals surface area contributed by atoms with Crippen molar-refractivity contribution in [1.82, 2.24) is 0 Å². The molecule has 2 aliphatic heterocycles. The fourth-order valence-corrected chi connectivity index (χ4v) is 13.8. The van der Waals surface area contributed by atoms with E-state index in [9.17, 15) is 0 Å². The first-order chi connectivity index (χ1) is 38.7. The van der Waals surface area contributed by atoms with Crippen molar-refractivity contribution in [2.24, 2.45) is 0 Å². The lowest BCUT2D eigenvalue weighted by Gasteiger charge is -2.48. The third-order valence-electron chi connectivity index (χ3n) is 19.7. The highest BCUT2D eigenvalue weighted by Gasteiger charge is 2.47. The highest BCUT2D eigenvalue weighted by Crippen LogP contribution is 2.53. The number of hydrogen-bond donors (Lipinski definition) is 0. The van der Waals surface area contributed by atoms with Gasteiger partial charge in [0.15, 0.2) is 0 Å². The minimum absolute atomic E-state index is 0.000394. The van der Waals surface area contributed by atoms with Gasteiger partial charge in [-0.2, -0.15) is 0 Å². The summed E-state index contributed by atoms with van der Waals surface area (Å²) in [4.78, 5) is 5.35. The van der Waals surface area contributed by atoms with E-state index >= 15 is 0 Å². The third-order valence-corrected chi connectivity index (χ3v) is 19.7. The second kappa shape index (κ2) is 19.6. The Labute approximate surface area is 492 Å². The van der Waals surface area contributed by atoms with E-state index in [1.165, 1.54) is 123 Å². The molecule has 2 heterocycles. The predicted octanol–water partition coefficient (Wildman–Crippen LogP) is 19.8. The minimum atomic E-state index is -0.253. The summed E-state index contributed by atoms with van der Waals surface area (Å²) in [7, 11) is 0. The topological polar surface area (TPSA) is 6.48 Å². The molecule has 0 fully saturated rings. The molecule has 0 radical (unpaired) electrons. The molecule has 0 unspecified atom stereocenters. The van der Waals surface area contributed by atoms with Gasteiger partial charge in [0.25, 0.3) is 6.71 Å². The Balaban J connectivity index is 1.15. The van der Waals surface area contributed by atoms with Crippen LogP contribution >= 0.6 is 0 Å². The van der Waals surface area contributed by atoms with E-state index in [1.54, 1.807) is 0 Å². The average Bonchev–Trinajstić information content (AvgIpc) is 0.895. The Hall–Kier alpha value is -7.36. The van der Waals surface area contributed by atoms with Gasteiger partial charge in [-0.1, -0.05) is 256 Å². The summed E-state index contributed by atoms with van der Waals surface area (Å²) in [6, 6.07) is 75.6. The van der Waals surface area contributed by atoms with Gasteiger partial charge in [-0.15, -0.1) is 0 Å². The summed E-state index contributed by atoms with van der Waals surface area (Å²) in [6.45, 7) is 38.1. The lowest BCUT2D eigenvalue weighted by molar-refractivity contribution is 0.332. The quantitative estimate of drug-likeness (QED) is 0.133. The lowest BCUT2D eigenvalue weighted by Crippen LogP contribution is -2.62. The van der Waals surface area contributed by atoms with Crippen molar-refractivity contribution in [3.05, 3.63) is 244 Å². The van der Waals surface area contributed by atoms with Gasteiger partial charge in [0.2, 0.25) is 0 Å². The number of fused-ring (bicyclic) bond motifs is 5. The van der Waals surface area contributed by atoms with Gasteiger partial charge in [0.05, 0.1) is 5.69 Å². The maximum Gasteiger partial charge on any atom is 0.252 e. The van der Waals surface area contributed by atoms with Crippen molar-refractivity contribution < 1.29 is 0 Å². The molecular weight excluding hydrogens is 988 g/mol. The van der Waals surface area contributed by atoms with Crippen molar-refractivity contribution >= 4 is 57.2 Å². The summed E-state index contributed by atoms with van der Waals surface area (Å²) in [6.07, 6.45) is 2.28. The molecule has 0 amide bonds. The number of nitrogens with zero attached hydrogens (tertiary/aromatic N) is 2. The molecule has 0 spiro atoms. The molecule has 2 nitrogen and oxygen atoms in total. The van der Waals surface area contributed by atoms with Crippen molar-refractivity contribution in [2.75, 3.05) is 9.80 Å². The molecule has 9 aromatic rings. The fourth-order valence-electron chi connectivity index (χ4n) is 13.8. The maximum atomic E-state index is 2.72. The molecule has 1 aliphatic carbocycles. The van der Waals surface area contributed by atoms with Crippen molar-refractivity contribution in [3.8, 4) is 22.3 Å². The van der Waals surface area contributed by atoms with Gasteiger partial charge in [-0.25, -0.2) is 0 Å². The Morgan fingerprint density at radius 1 is 0.378 bits per heavy atom. The van der Waals surface area contributed by atoms with Crippen LogP contribution in [0.1, 0.15) is 180 Å². The van der Waals surface area contributed by atoms with Crippen LogP contribution in [0, 0.1) is 0 Å². The van der Waals surface area contributed by atoms with Gasteiger partial charge in [0, 0.05) is 44.8 Å². The largest absolute Gasteiger partial charge is 0.311 e. The fraction of sp³-hybridized carbons (Fsp3) is 0.316. The zero-order valence-electron chi connectivity index (χ0n) is 51.9. The SMILES string of the molecule is CC(C)c1cc2c3c(c1)N(c1ccc(C(C)(C)C)cc1-c1ccc(-c4ccc(C(C)(C)C)cc4)cc1)c1cc4c(cc1B3c1cc(C(C)(C)c3ccccc3)ccc1N2c1ccc(C(C)(C)c2ccccc2)cc1)C(C)(C)CCC4(C)C. The van der Waals surface area contributed by atoms with E-state index in [0.29, 0.717) is 0 Å². The molecule has 0 aromatic heterocycles. The first-order valence-corrected chi connectivity index (χ1v) is 30.4. The zero-order chi connectivity index (χ0) is 58.1. The first-order valence-electron chi connectivity index (χ1n) is 30.4. The van der Waals surface area contributed by atoms with Gasteiger partial charge in [-0.05, 0) is 172 Å². The van der Waals surface area contributed by atoms with Crippen LogP contribution in [0.3, 0.4) is 0 Å². The molecular formula is C79H85BN2. The summed E-state index contributed by atoms with van der Waals surface area (Å²) >= 11 is 0. The lowest BCUT2D eigenvalue weighted by atomic mass is 9.32. The van der Waals surface area contributed by atoms with Gasteiger partial charge in [0.1, 0.15) is 0 Å². The van der Waals surface area contributed by atoms with Gasteiger partial charge >= 0.3 is 0 Å². The van der Waals surface area contributed by atoms with Gasteiger partial charge in [-0.3, -0.25) is 0 Å². The van der Waals surface area contributed by atoms with Crippen LogP contribution in [-0.2, 0) is 32.5 Å². The number of anilines is 6. The van der Waals surface area contributed by atoms with E-state index in [-0.39, 0.29) is 45.1 Å². The van der Waals surface area contributed by atoms with Crippen LogP contribution in [0.5, 0.6) is 0 Å². The number of rotatable bonds is 9. The average molecular weight is 1070 g/mol. The van der Waals surface area contributed by atoms with Gasteiger partial charge < -0.3 is 9.80 Å². The highest BCUT2D eigenvalue weighted by molar-refractivity contribution is 7.00. The highest BCUT2D eigenvalue weighted by atomic mass is 15.2. The molecule has 0 bridgehead atoms. The Kier molecular flexibility index (Phi) is 13.2. The standard InChI is InChI=1S/C79H85BN2/c1-51(2)55-45-71-73-72(46-55)82(68-41-37-60(75(6,7)8)47-63(68)54-29-27-52(28-30-54)53-31-33-56(34-32-53)74(3,4)5)70-50-65-64(76(9,10)43-44-77(65,11)12)49-67(70)80(73)66-48-61(79(15,16)58-25-21-18-22-26-58)38-42-69(66)81(71)62-39-35-59(36-40-62)78(13,14)57-23-19-17-20-24-57/h17-42,45-51H,43-44H2,1-16H3. The Morgan fingerprint density at radius 3 is 1.37 bits per heavy atom. The Morgan fingerprint density at radius 2 is 0.817 bits per heavy atom. The predicted molar refractivity (Wildman–Crippen MR) is 355 cm³/mol. The van der Waals surface area contributed by atoms with Crippen LogP contribution < -0.4 is 26.2 Å². The summed E-state index contributed by atoms with van der Waals surface area (Å²) in [5, 5.41) is 0. The minimum Gasteiger partial charge on any atom is -0.311 e. The molecule has 414 valence electrons. The molecule has 0 N–H and O–H groups in total. The number of benzene rings is 9. The van der Waals surface area contributed by atoms with Crippen LogP contribution in [0.4, 0.5) is 34.1 Å². The molecule has 0 saturated carbocycles. The van der Waals surface area contributed by atoms with E-state index in [1.807, 2.05) is 0 Å². The van der Waals surface area contributed by atoms with Crippen LogP contribution in [0.25, 0.3) is 22.3 Å². The van der Waals surface area contributed by atoms with Crippen molar-refractivity contribution in [3.63, 3.8) is 0 Å². The van der Waals surface area contributed by atoms with Crippen molar-refractivity contribution in [1.29, 1.82) is 0 Å². The molecule has 0 saturated heterocycles. The molecule has 82 heavy (non-hydrogen) atoms. The van der Waals surface area contributed by atoms with E-state index < -0.39 is 0 Å². The number of hydrogen-bond acceptors (Lipinski definition) is 2. The maximum absolute atomic E-state index is 2.72. The molecule has 0 atom stereocenters. The summed E-state index contributed by atoms with van der Waals surface area (Å²) in [5.74, 6) is 0.269. The second-order valence-corrected chi connectivity index (χ2v) is 29.1. The third kappa shape index (κ3) is 9.36. The Bertz CT molecular complexity index is 3880. The monoisotopic (exact) mass is 1070 g/mol. The van der Waals surface area contributed by atoms with E-state index in [2.05, 4.69) is 315 Å². The van der Waals surface area contributed by atoms with Crippen LogP contribution in [-0.4, -0.2) is 6.71 Å². The molecule has 12 rings (SSSR count). The molecule has 3 aliphatic rings. The normalized spacial score (nSPS) is 15.5. The summed E-state index contributed by atoms with van der Waals surface area (Å²) in [5.41, 5.74) is 28.2. The second-order valence-electron chi connectivity index (χ2n) is 29.1.